The summed E-state index contributed by atoms with van der Waals surface area (Å²) in [4.78, 5) is 0. The molecule has 6 nitrogen and oxygen atoms in total. The van der Waals surface area contributed by atoms with Gasteiger partial charge in [-0.2, -0.15) is 0 Å². The van der Waals surface area contributed by atoms with E-state index in [2.05, 4.69) is 0 Å². The summed E-state index contributed by atoms with van der Waals surface area (Å²) >= 11 is 0. The molecule has 0 spiro atoms. The Bertz CT molecular complexity index is 409. The monoisotopic (exact) mass is 284 g/mol. The van der Waals surface area contributed by atoms with Crippen LogP contribution in [0.4, 0.5) is 0 Å². The highest BCUT2D eigenvalue weighted by atomic mass is 16.7. The summed E-state index contributed by atoms with van der Waals surface area (Å²) in [5.41, 5.74) is 0.893. The van der Waals surface area contributed by atoms with E-state index < -0.39 is 37.3 Å². The fraction of sp³-hybridized carbons (Fsp3) is 0.571. The molecule has 0 saturated carbocycles. The van der Waals surface area contributed by atoms with Crippen molar-refractivity contribution in [2.75, 3.05) is 6.61 Å². The summed E-state index contributed by atoms with van der Waals surface area (Å²) in [6, 6.07) is 9.35. The van der Waals surface area contributed by atoms with Gasteiger partial charge in [0.2, 0.25) is 0 Å². The van der Waals surface area contributed by atoms with Crippen molar-refractivity contribution in [2.24, 2.45) is 0 Å². The number of ether oxygens (including phenoxy) is 2. The highest BCUT2D eigenvalue weighted by molar-refractivity contribution is 5.16. The normalized spacial score (nSPS) is 35.8. The first-order valence-corrected chi connectivity index (χ1v) is 6.55. The molecule has 1 unspecified atom stereocenters. The molecule has 1 aromatic rings. The molecule has 0 bridgehead atoms. The van der Waals surface area contributed by atoms with E-state index in [1.54, 1.807) is 6.92 Å². The molecular weight excluding hydrogens is 264 g/mol. The van der Waals surface area contributed by atoms with E-state index in [1.807, 2.05) is 30.3 Å². The molecule has 1 aliphatic heterocycles. The van der Waals surface area contributed by atoms with Crippen LogP contribution in [0.5, 0.6) is 0 Å². The van der Waals surface area contributed by atoms with Crippen molar-refractivity contribution in [1.82, 2.24) is 0 Å². The van der Waals surface area contributed by atoms with Gasteiger partial charge in [-0.05, 0) is 12.5 Å². The van der Waals surface area contributed by atoms with E-state index in [0.717, 1.165) is 5.56 Å². The molecule has 6 heteroatoms. The second kappa shape index (κ2) is 6.62. The van der Waals surface area contributed by atoms with Crippen molar-refractivity contribution in [3.63, 3.8) is 0 Å². The first kappa shape index (κ1) is 15.4. The molecule has 20 heavy (non-hydrogen) atoms. The third-order valence-corrected chi connectivity index (χ3v) is 3.46. The Morgan fingerprint density at radius 1 is 1.10 bits per heavy atom. The second-order valence-corrected chi connectivity index (χ2v) is 4.89. The van der Waals surface area contributed by atoms with E-state index in [0.29, 0.717) is 0 Å². The zero-order valence-electron chi connectivity index (χ0n) is 11.2. The summed E-state index contributed by atoms with van der Waals surface area (Å²) in [6.07, 6.45) is -6.60. The van der Waals surface area contributed by atoms with Crippen LogP contribution in [0.15, 0.2) is 30.3 Å². The summed E-state index contributed by atoms with van der Waals surface area (Å²) in [7, 11) is 0. The van der Waals surface area contributed by atoms with Crippen LogP contribution in [0.25, 0.3) is 0 Å². The zero-order chi connectivity index (χ0) is 14.7. The Morgan fingerprint density at radius 3 is 2.35 bits per heavy atom. The molecule has 1 saturated heterocycles. The maximum Gasteiger partial charge on any atom is 0.187 e. The minimum Gasteiger partial charge on any atom is -0.394 e. The smallest absolute Gasteiger partial charge is 0.187 e. The molecule has 0 aliphatic carbocycles. The fourth-order valence-electron chi connectivity index (χ4n) is 2.18. The van der Waals surface area contributed by atoms with Gasteiger partial charge in [0.25, 0.3) is 0 Å². The predicted molar refractivity (Wildman–Crippen MR) is 69.7 cm³/mol. The first-order valence-electron chi connectivity index (χ1n) is 6.55. The Hall–Kier alpha value is -1.02. The molecule has 1 aliphatic rings. The molecule has 4 N–H and O–H groups in total. The van der Waals surface area contributed by atoms with Gasteiger partial charge in [0.05, 0.1) is 12.7 Å². The van der Waals surface area contributed by atoms with Gasteiger partial charge < -0.3 is 29.9 Å². The summed E-state index contributed by atoms with van der Waals surface area (Å²) in [5.74, 6) is 0. The van der Waals surface area contributed by atoms with Gasteiger partial charge in [0.1, 0.15) is 24.4 Å². The van der Waals surface area contributed by atoms with Crippen LogP contribution in [0, 0.1) is 0 Å². The van der Waals surface area contributed by atoms with Crippen molar-refractivity contribution >= 4 is 0 Å². The van der Waals surface area contributed by atoms with Crippen LogP contribution < -0.4 is 0 Å². The summed E-state index contributed by atoms with van der Waals surface area (Å²) < 4.78 is 10.9. The van der Waals surface area contributed by atoms with Crippen molar-refractivity contribution in [2.45, 2.75) is 43.7 Å². The topological polar surface area (TPSA) is 99.4 Å². The Morgan fingerprint density at radius 2 is 1.75 bits per heavy atom. The molecule has 1 aromatic carbocycles. The van der Waals surface area contributed by atoms with Crippen molar-refractivity contribution in [3.05, 3.63) is 35.9 Å². The third-order valence-electron chi connectivity index (χ3n) is 3.46. The van der Waals surface area contributed by atoms with E-state index >= 15 is 0 Å². The average Bonchev–Trinajstić information content (AvgIpc) is 2.48. The quantitative estimate of drug-likeness (QED) is 0.598. The number of hydrogen-bond acceptors (Lipinski definition) is 6. The summed E-state index contributed by atoms with van der Waals surface area (Å²) in [6.45, 7) is 1.32. The van der Waals surface area contributed by atoms with Gasteiger partial charge in [-0.3, -0.25) is 0 Å². The summed E-state index contributed by atoms with van der Waals surface area (Å²) in [5, 5.41) is 38.3. The fourth-order valence-corrected chi connectivity index (χ4v) is 2.18. The lowest BCUT2D eigenvalue weighted by atomic mass is 9.99. The third kappa shape index (κ3) is 3.17. The minimum atomic E-state index is -1.42. The van der Waals surface area contributed by atoms with Gasteiger partial charge in [-0.15, -0.1) is 0 Å². The van der Waals surface area contributed by atoms with Crippen LogP contribution in [0.2, 0.25) is 0 Å². The van der Waals surface area contributed by atoms with E-state index in [-0.39, 0.29) is 6.10 Å². The highest BCUT2D eigenvalue weighted by Crippen LogP contribution is 2.26. The molecule has 0 radical (unpaired) electrons. The number of aliphatic hydroxyl groups is 4. The maximum absolute atomic E-state index is 9.88. The molecule has 112 valence electrons. The maximum atomic E-state index is 9.88. The Labute approximate surface area is 117 Å². The predicted octanol–water partition coefficient (Wildman–Crippen LogP) is -0.436. The second-order valence-electron chi connectivity index (χ2n) is 4.89. The number of aliphatic hydroxyl groups excluding tert-OH is 4. The highest BCUT2D eigenvalue weighted by Gasteiger charge is 2.44. The van der Waals surface area contributed by atoms with Crippen LogP contribution >= 0.6 is 0 Å². The Kier molecular flexibility index (Phi) is 5.09. The molecule has 1 fully saturated rings. The van der Waals surface area contributed by atoms with Crippen molar-refractivity contribution in [1.29, 1.82) is 0 Å². The zero-order valence-corrected chi connectivity index (χ0v) is 11.2. The van der Waals surface area contributed by atoms with Gasteiger partial charge in [0, 0.05) is 0 Å². The van der Waals surface area contributed by atoms with Crippen LogP contribution in [-0.4, -0.2) is 57.7 Å². The number of benzene rings is 1. The number of rotatable bonds is 4. The van der Waals surface area contributed by atoms with Gasteiger partial charge in [-0.25, -0.2) is 0 Å². The van der Waals surface area contributed by atoms with E-state index in [4.69, 9.17) is 14.6 Å². The van der Waals surface area contributed by atoms with Crippen molar-refractivity contribution in [3.8, 4) is 0 Å². The lowest BCUT2D eigenvalue weighted by Crippen LogP contribution is -2.59. The molecular formula is C14H20O6. The van der Waals surface area contributed by atoms with E-state index in [1.165, 1.54) is 0 Å². The van der Waals surface area contributed by atoms with E-state index in [9.17, 15) is 15.3 Å². The van der Waals surface area contributed by atoms with Crippen LogP contribution in [0.1, 0.15) is 18.6 Å². The average molecular weight is 284 g/mol. The molecule has 0 amide bonds. The van der Waals surface area contributed by atoms with Gasteiger partial charge in [-0.1, -0.05) is 30.3 Å². The van der Waals surface area contributed by atoms with Gasteiger partial charge in [0.15, 0.2) is 6.29 Å². The molecule has 1 heterocycles. The van der Waals surface area contributed by atoms with Crippen molar-refractivity contribution < 1.29 is 29.9 Å². The largest absolute Gasteiger partial charge is 0.394 e. The minimum absolute atomic E-state index is 0.363. The number of hydrogen-bond donors (Lipinski definition) is 4. The van der Waals surface area contributed by atoms with Crippen LogP contribution in [0.3, 0.4) is 0 Å². The first-order chi connectivity index (χ1) is 9.54. The lowest BCUT2D eigenvalue weighted by molar-refractivity contribution is -0.311. The van der Waals surface area contributed by atoms with Gasteiger partial charge >= 0.3 is 0 Å². The SMILES string of the molecule is CC(O[C@@H]1O[C@H](CO)[C@@H](O)[C@H](O)[C@H]1O)c1ccccc1. The molecule has 6 atom stereocenters. The standard InChI is InChI=1S/C14H20O6/c1-8(9-5-3-2-4-6-9)19-14-13(18)12(17)11(16)10(7-15)20-14/h2-6,8,10-18H,7H2,1H3/t8?,10-,11-,12+,13-,14-/m1/s1. The van der Waals surface area contributed by atoms with Crippen LogP contribution in [-0.2, 0) is 9.47 Å². The molecule has 0 aromatic heterocycles. The molecule has 2 rings (SSSR count). The Balaban J connectivity index is 2.04. The lowest BCUT2D eigenvalue weighted by Gasteiger charge is -2.40.